The molecule has 0 spiro atoms. The molecule has 1 unspecified atom stereocenters. The molecule has 15 heavy (non-hydrogen) atoms. The van der Waals surface area contributed by atoms with E-state index < -0.39 is 0 Å². The molecule has 1 saturated heterocycles. The fourth-order valence-electron chi connectivity index (χ4n) is 1.52. The summed E-state index contributed by atoms with van der Waals surface area (Å²) in [4.78, 5) is 10.9. The summed E-state index contributed by atoms with van der Waals surface area (Å²) in [6.45, 7) is 0.478. The minimum Gasteiger partial charge on any atom is -0.496 e. The van der Waals surface area contributed by atoms with Gasteiger partial charge in [0.15, 0.2) is 0 Å². The van der Waals surface area contributed by atoms with E-state index in [-0.39, 0.29) is 12.2 Å². The molecule has 80 valence electrons. The Morgan fingerprint density at radius 1 is 1.60 bits per heavy atom. The Hall–Kier alpha value is -1.23. The largest absolute Gasteiger partial charge is 0.496 e. The van der Waals surface area contributed by atoms with Crippen molar-refractivity contribution < 1.29 is 14.3 Å². The molecule has 1 amide bonds. The predicted octanol–water partition coefficient (Wildman–Crippen LogP) is 2.24. The van der Waals surface area contributed by atoms with Crippen LogP contribution in [0.15, 0.2) is 22.7 Å². The van der Waals surface area contributed by atoms with Crippen molar-refractivity contribution in [2.24, 2.45) is 0 Å². The molecule has 1 aromatic carbocycles. The first kappa shape index (κ1) is 10.3. The highest BCUT2D eigenvalue weighted by Crippen LogP contribution is 2.31. The second-order valence-corrected chi connectivity index (χ2v) is 4.08. The molecule has 5 heteroatoms. The topological polar surface area (TPSA) is 47.6 Å². The van der Waals surface area contributed by atoms with Crippen LogP contribution in [0.25, 0.3) is 0 Å². The summed E-state index contributed by atoms with van der Waals surface area (Å²) in [5.41, 5.74) is 0.866. The summed E-state index contributed by atoms with van der Waals surface area (Å²) in [7, 11) is 1.59. The van der Waals surface area contributed by atoms with Crippen LogP contribution in [0.2, 0.25) is 0 Å². The van der Waals surface area contributed by atoms with Crippen molar-refractivity contribution in [2.75, 3.05) is 13.7 Å². The van der Waals surface area contributed by atoms with Crippen LogP contribution in [0, 0.1) is 0 Å². The number of nitrogens with one attached hydrogen (secondary N) is 1. The van der Waals surface area contributed by atoms with Gasteiger partial charge in [0.1, 0.15) is 11.9 Å². The number of rotatable bonds is 2. The highest BCUT2D eigenvalue weighted by molar-refractivity contribution is 9.10. The molecule has 1 heterocycles. The lowest BCUT2D eigenvalue weighted by Crippen LogP contribution is -2.12. The van der Waals surface area contributed by atoms with Crippen molar-refractivity contribution in [3.8, 4) is 5.75 Å². The second kappa shape index (κ2) is 4.10. The van der Waals surface area contributed by atoms with Crippen molar-refractivity contribution in [1.29, 1.82) is 0 Å². The number of cyclic esters (lactones) is 1. The summed E-state index contributed by atoms with van der Waals surface area (Å²) >= 11 is 3.37. The van der Waals surface area contributed by atoms with Crippen molar-refractivity contribution in [1.82, 2.24) is 5.32 Å². The number of methoxy groups -OCH3 is 1. The molecule has 1 aromatic rings. The number of halogens is 1. The van der Waals surface area contributed by atoms with Crippen LogP contribution in [0.5, 0.6) is 5.75 Å². The molecular weight excluding hydrogens is 262 g/mol. The summed E-state index contributed by atoms with van der Waals surface area (Å²) in [5.74, 6) is 0.722. The smallest absolute Gasteiger partial charge is 0.407 e. The highest BCUT2D eigenvalue weighted by Gasteiger charge is 2.26. The molecule has 4 nitrogen and oxygen atoms in total. The molecule has 1 N–H and O–H groups in total. The second-order valence-electron chi connectivity index (χ2n) is 3.16. The van der Waals surface area contributed by atoms with Gasteiger partial charge >= 0.3 is 6.09 Å². The number of ether oxygens (including phenoxy) is 2. The lowest BCUT2D eigenvalue weighted by Gasteiger charge is -2.13. The van der Waals surface area contributed by atoms with Gasteiger partial charge in [0.25, 0.3) is 0 Å². The first-order valence-corrected chi connectivity index (χ1v) is 5.28. The van der Waals surface area contributed by atoms with Gasteiger partial charge < -0.3 is 14.8 Å². The van der Waals surface area contributed by atoms with Gasteiger partial charge in [-0.2, -0.15) is 0 Å². The van der Waals surface area contributed by atoms with Crippen LogP contribution in [0.4, 0.5) is 4.79 Å². The summed E-state index contributed by atoms with van der Waals surface area (Å²) in [5, 5.41) is 2.61. The lowest BCUT2D eigenvalue weighted by atomic mass is 10.1. The molecule has 0 bridgehead atoms. The van der Waals surface area contributed by atoms with E-state index in [0.717, 1.165) is 15.8 Å². The molecule has 0 saturated carbocycles. The van der Waals surface area contributed by atoms with Crippen molar-refractivity contribution in [2.45, 2.75) is 6.10 Å². The van der Waals surface area contributed by atoms with Crippen LogP contribution in [-0.2, 0) is 4.74 Å². The van der Waals surface area contributed by atoms with Gasteiger partial charge in [-0.15, -0.1) is 0 Å². The number of hydrogen-bond donors (Lipinski definition) is 1. The molecule has 0 aliphatic carbocycles. The van der Waals surface area contributed by atoms with E-state index in [0.29, 0.717) is 6.54 Å². The molecule has 1 atom stereocenters. The van der Waals surface area contributed by atoms with E-state index in [2.05, 4.69) is 21.2 Å². The molecule has 1 aliphatic heterocycles. The fourth-order valence-corrected chi connectivity index (χ4v) is 1.90. The molecule has 1 fully saturated rings. The third kappa shape index (κ3) is 2.07. The first-order valence-electron chi connectivity index (χ1n) is 4.48. The Kier molecular flexibility index (Phi) is 2.81. The van der Waals surface area contributed by atoms with Gasteiger partial charge in [-0.3, -0.25) is 0 Å². The highest BCUT2D eigenvalue weighted by atomic mass is 79.9. The molecule has 0 aromatic heterocycles. The third-order valence-corrected chi connectivity index (χ3v) is 2.71. The summed E-state index contributed by atoms with van der Waals surface area (Å²) < 4.78 is 11.2. The minimum absolute atomic E-state index is 0.273. The van der Waals surface area contributed by atoms with Gasteiger partial charge in [-0.25, -0.2) is 4.79 Å². The SMILES string of the molecule is COc1ccc(Br)cc1C1CNC(=O)O1. The van der Waals surface area contributed by atoms with Gasteiger partial charge in [0, 0.05) is 10.0 Å². The zero-order chi connectivity index (χ0) is 10.8. The van der Waals surface area contributed by atoms with E-state index in [1.54, 1.807) is 7.11 Å². The Morgan fingerprint density at radius 2 is 2.40 bits per heavy atom. The van der Waals surface area contributed by atoms with E-state index in [4.69, 9.17) is 9.47 Å². The quantitative estimate of drug-likeness (QED) is 0.898. The Bertz CT molecular complexity index is 394. The normalized spacial score (nSPS) is 19.6. The van der Waals surface area contributed by atoms with E-state index in [1.807, 2.05) is 18.2 Å². The Labute approximate surface area is 95.7 Å². The average molecular weight is 272 g/mol. The minimum atomic E-state index is -0.387. The van der Waals surface area contributed by atoms with Crippen molar-refractivity contribution >= 4 is 22.0 Å². The van der Waals surface area contributed by atoms with Gasteiger partial charge in [0.2, 0.25) is 0 Å². The van der Waals surface area contributed by atoms with Crippen molar-refractivity contribution in [3.63, 3.8) is 0 Å². The zero-order valence-electron chi connectivity index (χ0n) is 8.12. The van der Waals surface area contributed by atoms with Crippen LogP contribution >= 0.6 is 15.9 Å². The Balaban J connectivity index is 2.33. The van der Waals surface area contributed by atoms with E-state index in [1.165, 1.54) is 0 Å². The standard InChI is InChI=1S/C10H10BrNO3/c1-14-8-3-2-6(11)4-7(8)9-5-12-10(13)15-9/h2-4,9H,5H2,1H3,(H,12,13). The maximum Gasteiger partial charge on any atom is 0.407 e. The number of carbonyl (C=O) groups is 1. The lowest BCUT2D eigenvalue weighted by molar-refractivity contribution is 0.139. The van der Waals surface area contributed by atoms with Gasteiger partial charge in [-0.1, -0.05) is 15.9 Å². The summed E-state index contributed by atoms with van der Waals surface area (Å²) in [6, 6.07) is 5.61. The van der Waals surface area contributed by atoms with E-state index in [9.17, 15) is 4.79 Å². The Morgan fingerprint density at radius 3 is 3.00 bits per heavy atom. The average Bonchev–Trinajstić information content (AvgIpc) is 2.65. The number of amides is 1. The number of benzene rings is 1. The van der Waals surface area contributed by atoms with Crippen LogP contribution in [-0.4, -0.2) is 19.7 Å². The molecule has 1 aliphatic rings. The molecule has 0 radical (unpaired) electrons. The summed E-state index contributed by atoms with van der Waals surface area (Å²) in [6.07, 6.45) is -0.660. The maximum atomic E-state index is 10.9. The maximum absolute atomic E-state index is 10.9. The third-order valence-electron chi connectivity index (χ3n) is 2.22. The first-order chi connectivity index (χ1) is 7.20. The molecular formula is C10H10BrNO3. The number of alkyl carbamates (subject to hydrolysis) is 1. The number of carbonyl (C=O) groups excluding carboxylic acids is 1. The van der Waals surface area contributed by atoms with E-state index >= 15 is 0 Å². The molecule has 2 rings (SSSR count). The van der Waals surface area contributed by atoms with Crippen LogP contribution in [0.3, 0.4) is 0 Å². The van der Waals surface area contributed by atoms with Crippen LogP contribution in [0.1, 0.15) is 11.7 Å². The zero-order valence-corrected chi connectivity index (χ0v) is 9.71. The van der Waals surface area contributed by atoms with Gasteiger partial charge in [-0.05, 0) is 18.2 Å². The number of hydrogen-bond acceptors (Lipinski definition) is 3. The predicted molar refractivity (Wildman–Crippen MR) is 57.9 cm³/mol. The fraction of sp³-hybridized carbons (Fsp3) is 0.300. The monoisotopic (exact) mass is 271 g/mol. The van der Waals surface area contributed by atoms with Crippen LogP contribution < -0.4 is 10.1 Å². The van der Waals surface area contributed by atoms with Gasteiger partial charge in [0.05, 0.1) is 13.7 Å². The van der Waals surface area contributed by atoms with Crippen molar-refractivity contribution in [3.05, 3.63) is 28.2 Å².